The molecule has 2 aromatic heterocycles. The van der Waals surface area contributed by atoms with Crippen molar-refractivity contribution in [1.82, 2.24) is 40.4 Å². The van der Waals surface area contributed by atoms with Crippen LogP contribution in [0.2, 0.25) is 0 Å². The first-order chi connectivity index (χ1) is 29.8. The summed E-state index contributed by atoms with van der Waals surface area (Å²) < 4.78 is 15.8. The molecule has 2 aliphatic heterocycles. The Morgan fingerprint density at radius 2 is 1.31 bits per heavy atom. The van der Waals surface area contributed by atoms with E-state index in [1.54, 1.807) is 23.8 Å². The van der Waals surface area contributed by atoms with E-state index in [9.17, 15) is 24.3 Å². The van der Waals surface area contributed by atoms with E-state index in [0.29, 0.717) is 37.8 Å². The summed E-state index contributed by atoms with van der Waals surface area (Å²) in [6.07, 6.45) is -1.19. The Labute approximate surface area is 358 Å². The van der Waals surface area contributed by atoms with Gasteiger partial charge in [-0.1, -0.05) is 57.2 Å². The summed E-state index contributed by atoms with van der Waals surface area (Å²) in [4.78, 5) is 72.2. The smallest absolute Gasteiger partial charge is 0.407 e. The van der Waals surface area contributed by atoms with Gasteiger partial charge in [-0.15, -0.1) is 0 Å². The summed E-state index contributed by atoms with van der Waals surface area (Å²) >= 11 is 0. The third-order valence-electron chi connectivity index (χ3n) is 12.6. The average Bonchev–Trinajstić information content (AvgIpc) is 4.08. The number of alkyl carbamates (subject to hydrolysis) is 1. The molecule has 5 N–H and O–H groups in total. The van der Waals surface area contributed by atoms with Crippen LogP contribution in [0.5, 0.6) is 0 Å². The molecule has 2 aliphatic rings. The van der Waals surface area contributed by atoms with Gasteiger partial charge in [0.1, 0.15) is 23.7 Å². The number of benzene rings is 4. The van der Waals surface area contributed by atoms with Crippen LogP contribution < -0.4 is 10.6 Å². The van der Waals surface area contributed by atoms with Crippen molar-refractivity contribution >= 4 is 67.6 Å². The average molecular weight is 847 g/mol. The first-order valence-corrected chi connectivity index (χ1v) is 21.1. The zero-order valence-corrected chi connectivity index (χ0v) is 36.0. The van der Waals surface area contributed by atoms with Crippen LogP contribution in [0.3, 0.4) is 0 Å². The fourth-order valence-electron chi connectivity index (χ4n) is 9.37. The fourth-order valence-corrected chi connectivity index (χ4v) is 9.37. The van der Waals surface area contributed by atoms with E-state index in [0.717, 1.165) is 61.2 Å². The monoisotopic (exact) mass is 846 g/mol. The normalized spacial score (nSPS) is 20.6. The van der Waals surface area contributed by atoms with Crippen molar-refractivity contribution < 1.29 is 38.5 Å². The van der Waals surface area contributed by atoms with E-state index in [2.05, 4.69) is 76.1 Å². The number of hydrogen-bond acceptors (Lipinski definition) is 9. The molecule has 4 heterocycles. The zero-order chi connectivity index (χ0) is 44.0. The van der Waals surface area contributed by atoms with Crippen LogP contribution >= 0.6 is 0 Å². The Bertz CT molecular complexity index is 2680. The highest BCUT2D eigenvalue weighted by Crippen LogP contribution is 2.39. The van der Waals surface area contributed by atoms with Gasteiger partial charge in [0, 0.05) is 44.0 Å². The first kappa shape index (κ1) is 42.4. The maximum atomic E-state index is 14.1. The van der Waals surface area contributed by atoms with Crippen molar-refractivity contribution in [2.24, 2.45) is 17.8 Å². The summed E-state index contributed by atoms with van der Waals surface area (Å²) in [5.41, 5.74) is 5.41. The molecule has 0 spiro atoms. The maximum absolute atomic E-state index is 14.1. The number of aromatic amines is 2. The number of rotatable bonds is 12. The molecule has 16 heteroatoms. The van der Waals surface area contributed by atoms with Crippen LogP contribution in [0.15, 0.2) is 60.7 Å². The number of nitrogens with one attached hydrogen (secondary N) is 4. The highest BCUT2D eigenvalue weighted by Gasteiger charge is 2.43. The lowest BCUT2D eigenvalue weighted by atomic mass is 9.98. The predicted molar refractivity (Wildman–Crippen MR) is 234 cm³/mol. The highest BCUT2D eigenvalue weighted by atomic mass is 16.5. The van der Waals surface area contributed by atoms with Gasteiger partial charge in [-0.25, -0.2) is 19.6 Å². The van der Waals surface area contributed by atoms with Crippen molar-refractivity contribution in [3.63, 3.8) is 0 Å². The summed E-state index contributed by atoms with van der Waals surface area (Å²) in [6.45, 7) is 8.93. The summed E-state index contributed by atoms with van der Waals surface area (Å²) in [7, 11) is 4.40. The number of aromatic nitrogens is 4. The molecule has 62 heavy (non-hydrogen) atoms. The molecular formula is C46H54N8O8. The van der Waals surface area contributed by atoms with Gasteiger partial charge in [-0.2, -0.15) is 0 Å². The van der Waals surface area contributed by atoms with Gasteiger partial charge >= 0.3 is 12.2 Å². The minimum atomic E-state index is -1.22. The Morgan fingerprint density at radius 1 is 0.758 bits per heavy atom. The SMILES string of the molecule is COC[C@H]1C[C@@H](c2nc3ccc4cc(-c5ccc6c(ccc7nc([C@@H]8C[C@H](C)CN8C(=O)[C@@H](NC(=O)O)C(C)C)[nH]c76)c5)ccc4c3[nH]2)N(C(=O)[C@@H](NC(=O)OC)[C@@H](C)OC)C1. The van der Waals surface area contributed by atoms with Crippen molar-refractivity contribution in [3.05, 3.63) is 72.3 Å². The number of carbonyl (C=O) groups is 4. The van der Waals surface area contributed by atoms with E-state index in [1.165, 1.54) is 14.2 Å². The molecule has 0 unspecified atom stereocenters. The summed E-state index contributed by atoms with van der Waals surface area (Å²) in [5, 5.41) is 18.6. The van der Waals surface area contributed by atoms with E-state index in [4.69, 9.17) is 24.2 Å². The molecule has 0 aliphatic carbocycles. The Balaban J connectivity index is 1.07. The number of carboxylic acid groups (broad SMARTS) is 1. The number of methoxy groups -OCH3 is 3. The second-order valence-electron chi connectivity index (χ2n) is 17.2. The number of likely N-dealkylation sites (tertiary alicyclic amines) is 2. The summed E-state index contributed by atoms with van der Waals surface area (Å²) in [6, 6.07) is 18.3. The highest BCUT2D eigenvalue weighted by molar-refractivity contribution is 6.07. The fraction of sp³-hybridized carbons (Fsp3) is 0.435. The number of amides is 4. The topological polar surface area (TPSA) is 204 Å². The number of ether oxygens (including phenoxy) is 3. The lowest BCUT2D eigenvalue weighted by molar-refractivity contribution is -0.138. The van der Waals surface area contributed by atoms with E-state index in [1.807, 2.05) is 26.0 Å². The van der Waals surface area contributed by atoms with Gasteiger partial charge < -0.3 is 49.7 Å². The molecule has 7 atom stereocenters. The van der Waals surface area contributed by atoms with Crippen LogP contribution in [0.4, 0.5) is 9.59 Å². The molecule has 4 amide bonds. The van der Waals surface area contributed by atoms with Gasteiger partial charge in [0.25, 0.3) is 0 Å². The first-order valence-electron chi connectivity index (χ1n) is 21.1. The van der Waals surface area contributed by atoms with Gasteiger partial charge in [0.2, 0.25) is 11.8 Å². The van der Waals surface area contributed by atoms with Crippen LogP contribution in [-0.4, -0.2) is 118 Å². The molecular weight excluding hydrogens is 793 g/mol. The van der Waals surface area contributed by atoms with Crippen molar-refractivity contribution in [3.8, 4) is 11.1 Å². The standard InChI is InChI=1S/C46H54N8O8/c1-23(2)37(51-45(57)58)43(55)53-20-24(3)16-35(53)41-47-33-14-10-29-18-27(8-12-31(29)39(33)49-41)28-9-13-32-30(19-28)11-15-34-40(32)50-42(48-34)36-17-26(22-60-5)21-54(36)44(56)38(25(4)61-6)52-46(59)62-7/h8-15,18-19,23-26,35-38,51H,16-17,20-22H2,1-7H3,(H,47,49)(H,48,50)(H,52,59)(H,57,58)/t24-,25+,26-,35-,36-,37-,38-/m0/s1. The van der Waals surface area contributed by atoms with Gasteiger partial charge in [0.05, 0.1) is 54.0 Å². The van der Waals surface area contributed by atoms with Crippen LogP contribution in [0, 0.1) is 17.8 Å². The second kappa shape index (κ2) is 17.2. The summed E-state index contributed by atoms with van der Waals surface area (Å²) in [5.74, 6) is 0.902. The third kappa shape index (κ3) is 7.99. The van der Waals surface area contributed by atoms with Gasteiger partial charge in [0.15, 0.2) is 0 Å². The molecule has 2 fully saturated rings. The van der Waals surface area contributed by atoms with E-state index < -0.39 is 30.4 Å². The van der Waals surface area contributed by atoms with Gasteiger partial charge in [-0.3, -0.25) is 9.59 Å². The molecule has 326 valence electrons. The molecule has 6 aromatic rings. The number of nitrogens with zero attached hydrogens (tertiary/aromatic N) is 4. The third-order valence-corrected chi connectivity index (χ3v) is 12.6. The number of imidazole rings is 2. The molecule has 4 aromatic carbocycles. The van der Waals surface area contributed by atoms with Crippen molar-refractivity contribution in [1.29, 1.82) is 0 Å². The van der Waals surface area contributed by atoms with Crippen molar-refractivity contribution in [2.75, 3.05) is 41.0 Å². The van der Waals surface area contributed by atoms with Crippen LogP contribution in [0.25, 0.3) is 54.7 Å². The maximum Gasteiger partial charge on any atom is 0.407 e. The minimum absolute atomic E-state index is 0.0657. The lowest BCUT2D eigenvalue weighted by Crippen LogP contribution is -2.54. The largest absolute Gasteiger partial charge is 0.465 e. The van der Waals surface area contributed by atoms with Crippen LogP contribution in [-0.2, 0) is 23.8 Å². The molecule has 0 bridgehead atoms. The quantitative estimate of drug-likeness (QED) is 0.0861. The molecule has 16 nitrogen and oxygen atoms in total. The molecule has 8 rings (SSSR count). The lowest BCUT2D eigenvalue weighted by Gasteiger charge is -2.30. The number of H-pyrrole nitrogens is 2. The Kier molecular flexibility index (Phi) is 11.8. The van der Waals surface area contributed by atoms with Crippen molar-refractivity contribution in [2.45, 2.75) is 70.8 Å². The van der Waals surface area contributed by atoms with Gasteiger partial charge in [-0.05, 0) is 77.8 Å². The van der Waals surface area contributed by atoms with Crippen LogP contribution in [0.1, 0.15) is 64.3 Å². The Hall–Kier alpha value is -6.26. The zero-order valence-electron chi connectivity index (χ0n) is 36.0. The predicted octanol–water partition coefficient (Wildman–Crippen LogP) is 6.91. The second-order valence-corrected chi connectivity index (χ2v) is 17.2. The number of hydrogen-bond donors (Lipinski definition) is 5. The Morgan fingerprint density at radius 3 is 1.82 bits per heavy atom. The number of carbonyl (C=O) groups excluding carboxylic acids is 3. The van der Waals surface area contributed by atoms with E-state index >= 15 is 0 Å². The van der Waals surface area contributed by atoms with E-state index in [-0.39, 0.29) is 41.7 Å². The molecule has 2 saturated heterocycles. The minimum Gasteiger partial charge on any atom is -0.465 e. The number of fused-ring (bicyclic) bond motifs is 6. The molecule has 0 radical (unpaired) electrons. The molecule has 0 saturated carbocycles.